The number of hydrogen-bond donors (Lipinski definition) is 1. The average Bonchev–Trinajstić information content (AvgIpc) is 1.79. The molecule has 78 valence electrons. The number of hydrogen-bond acceptors (Lipinski definition) is 3. The van der Waals surface area contributed by atoms with Gasteiger partial charge in [-0.15, -0.1) is 0 Å². The lowest BCUT2D eigenvalue weighted by molar-refractivity contribution is 0.0424. The molecule has 1 aliphatic rings. The second kappa shape index (κ2) is 3.22. The summed E-state index contributed by atoms with van der Waals surface area (Å²) in [7, 11) is -3.16. The summed E-state index contributed by atoms with van der Waals surface area (Å²) in [6.45, 7) is 4.67. The molecule has 4 nitrogen and oxygen atoms in total. The summed E-state index contributed by atoms with van der Waals surface area (Å²) in [5.74, 6) is 0. The highest BCUT2D eigenvalue weighted by Crippen LogP contribution is 2.29. The van der Waals surface area contributed by atoms with Gasteiger partial charge in [-0.3, -0.25) is 0 Å². The van der Waals surface area contributed by atoms with Crippen LogP contribution < -0.4 is 0 Å². The van der Waals surface area contributed by atoms with Gasteiger partial charge < -0.3 is 5.11 Å². The Kier molecular flexibility index (Phi) is 2.71. The molecular formula is C8H17NO3S. The summed E-state index contributed by atoms with van der Waals surface area (Å²) in [6, 6.07) is 0. The first-order valence-corrected chi connectivity index (χ1v) is 6.19. The minimum absolute atomic E-state index is 0.124. The summed E-state index contributed by atoms with van der Waals surface area (Å²) in [6.07, 6.45) is 1.32. The van der Waals surface area contributed by atoms with E-state index in [0.717, 1.165) is 0 Å². The third-order valence-corrected chi connectivity index (χ3v) is 3.49. The van der Waals surface area contributed by atoms with Crippen molar-refractivity contribution >= 4 is 10.0 Å². The van der Waals surface area contributed by atoms with Crippen LogP contribution in [0.15, 0.2) is 0 Å². The molecular weight excluding hydrogens is 190 g/mol. The van der Waals surface area contributed by atoms with Crippen LogP contribution in [-0.2, 0) is 10.0 Å². The number of aliphatic hydroxyl groups is 1. The molecule has 0 amide bonds. The molecule has 0 aromatic carbocycles. The molecule has 5 heteroatoms. The second-order valence-corrected chi connectivity index (χ2v) is 6.56. The predicted octanol–water partition coefficient (Wildman–Crippen LogP) is 0.0388. The second-order valence-electron chi connectivity index (χ2n) is 4.58. The van der Waals surface area contributed by atoms with E-state index in [1.165, 1.54) is 10.6 Å². The summed E-state index contributed by atoms with van der Waals surface area (Å²) < 4.78 is 23.8. The van der Waals surface area contributed by atoms with E-state index in [0.29, 0.717) is 13.0 Å². The van der Waals surface area contributed by atoms with Crippen molar-refractivity contribution in [3.8, 4) is 0 Å². The standard InChI is InChI=1S/C8H17NO3S/c1-8(2)4-7(10)5-9(6-8)13(3,11)12/h7,10H,4-6H2,1-3H3. The fourth-order valence-electron chi connectivity index (χ4n) is 1.80. The highest BCUT2D eigenvalue weighted by Gasteiger charge is 2.35. The summed E-state index contributed by atoms with van der Waals surface area (Å²) in [5.41, 5.74) is -0.124. The quantitative estimate of drug-likeness (QED) is 0.660. The van der Waals surface area contributed by atoms with Crippen LogP contribution in [0.5, 0.6) is 0 Å². The van der Waals surface area contributed by atoms with Gasteiger partial charge in [-0.1, -0.05) is 13.8 Å². The van der Waals surface area contributed by atoms with Crippen molar-refractivity contribution in [1.29, 1.82) is 0 Å². The lowest BCUT2D eigenvalue weighted by Crippen LogP contribution is -2.49. The van der Waals surface area contributed by atoms with Gasteiger partial charge in [-0.25, -0.2) is 8.42 Å². The van der Waals surface area contributed by atoms with Gasteiger partial charge in [0.1, 0.15) is 0 Å². The van der Waals surface area contributed by atoms with E-state index in [9.17, 15) is 13.5 Å². The van der Waals surface area contributed by atoms with Crippen molar-refractivity contribution < 1.29 is 13.5 Å². The largest absolute Gasteiger partial charge is 0.392 e. The van der Waals surface area contributed by atoms with Crippen LogP contribution in [0.25, 0.3) is 0 Å². The number of aliphatic hydroxyl groups excluding tert-OH is 1. The minimum atomic E-state index is -3.16. The molecule has 0 bridgehead atoms. The van der Waals surface area contributed by atoms with Crippen molar-refractivity contribution in [1.82, 2.24) is 4.31 Å². The van der Waals surface area contributed by atoms with Crippen LogP contribution >= 0.6 is 0 Å². The maximum Gasteiger partial charge on any atom is 0.211 e. The predicted molar refractivity (Wildman–Crippen MR) is 50.8 cm³/mol. The van der Waals surface area contributed by atoms with Gasteiger partial charge in [0.05, 0.1) is 12.4 Å². The third kappa shape index (κ3) is 2.93. The van der Waals surface area contributed by atoms with E-state index in [1.54, 1.807) is 0 Å². The van der Waals surface area contributed by atoms with E-state index in [4.69, 9.17) is 0 Å². The monoisotopic (exact) mass is 207 g/mol. The van der Waals surface area contributed by atoms with Crippen LogP contribution in [0.2, 0.25) is 0 Å². The minimum Gasteiger partial charge on any atom is -0.392 e. The van der Waals surface area contributed by atoms with Crippen molar-refractivity contribution in [3.05, 3.63) is 0 Å². The van der Waals surface area contributed by atoms with Crippen LogP contribution in [0.1, 0.15) is 20.3 Å². The van der Waals surface area contributed by atoms with Crippen molar-refractivity contribution in [2.75, 3.05) is 19.3 Å². The van der Waals surface area contributed by atoms with Crippen molar-refractivity contribution in [2.24, 2.45) is 5.41 Å². The number of nitrogens with zero attached hydrogens (tertiary/aromatic N) is 1. The molecule has 0 spiro atoms. The molecule has 1 heterocycles. The Labute approximate surface area is 79.6 Å². The summed E-state index contributed by atoms with van der Waals surface area (Å²) in [4.78, 5) is 0. The molecule has 0 radical (unpaired) electrons. The van der Waals surface area contributed by atoms with Gasteiger partial charge in [-0.2, -0.15) is 4.31 Å². The normalized spacial score (nSPS) is 30.3. The molecule has 0 aromatic rings. The maximum atomic E-state index is 11.2. The molecule has 0 aliphatic carbocycles. The van der Waals surface area contributed by atoms with Crippen LogP contribution in [0.3, 0.4) is 0 Å². The van der Waals surface area contributed by atoms with Gasteiger partial charge in [0.2, 0.25) is 10.0 Å². The first kappa shape index (κ1) is 10.9. The smallest absolute Gasteiger partial charge is 0.211 e. The fourth-order valence-corrected chi connectivity index (χ4v) is 2.82. The van der Waals surface area contributed by atoms with Gasteiger partial charge in [0.25, 0.3) is 0 Å². The summed E-state index contributed by atoms with van der Waals surface area (Å²) >= 11 is 0. The molecule has 1 unspecified atom stereocenters. The van der Waals surface area contributed by atoms with E-state index in [-0.39, 0.29) is 12.0 Å². The first-order valence-electron chi connectivity index (χ1n) is 4.34. The van der Waals surface area contributed by atoms with Crippen LogP contribution in [0.4, 0.5) is 0 Å². The van der Waals surface area contributed by atoms with Crippen molar-refractivity contribution in [3.63, 3.8) is 0 Å². The number of sulfonamides is 1. The van der Waals surface area contributed by atoms with Crippen molar-refractivity contribution in [2.45, 2.75) is 26.4 Å². The van der Waals surface area contributed by atoms with E-state index in [2.05, 4.69) is 0 Å². The first-order chi connectivity index (χ1) is 5.71. The molecule has 13 heavy (non-hydrogen) atoms. The average molecular weight is 207 g/mol. The maximum absolute atomic E-state index is 11.2. The Morgan fingerprint density at radius 2 is 2.00 bits per heavy atom. The Morgan fingerprint density at radius 3 is 2.38 bits per heavy atom. The van der Waals surface area contributed by atoms with E-state index >= 15 is 0 Å². The van der Waals surface area contributed by atoms with E-state index in [1.807, 2.05) is 13.8 Å². The van der Waals surface area contributed by atoms with Crippen LogP contribution in [-0.4, -0.2) is 43.3 Å². The van der Waals surface area contributed by atoms with Gasteiger partial charge >= 0.3 is 0 Å². The molecule has 1 N–H and O–H groups in total. The molecule has 1 saturated heterocycles. The number of piperidine rings is 1. The molecule has 0 saturated carbocycles. The Balaban J connectivity index is 2.81. The molecule has 1 aliphatic heterocycles. The summed E-state index contributed by atoms with van der Waals surface area (Å²) in [5, 5.41) is 9.47. The number of β-amino-alcohol motifs (C(OH)–C–C–N with tert-alkyl or cyclic N) is 1. The SMILES string of the molecule is CC1(C)CC(O)CN(S(C)(=O)=O)C1. The molecule has 1 rings (SSSR count). The fraction of sp³-hybridized carbons (Fsp3) is 1.00. The van der Waals surface area contributed by atoms with Gasteiger partial charge in [0.15, 0.2) is 0 Å². The Hall–Kier alpha value is -0.130. The topological polar surface area (TPSA) is 57.6 Å². The lowest BCUT2D eigenvalue weighted by Gasteiger charge is -2.39. The van der Waals surface area contributed by atoms with Gasteiger partial charge in [0, 0.05) is 13.1 Å². The Bertz CT molecular complexity index is 284. The Morgan fingerprint density at radius 1 is 1.46 bits per heavy atom. The van der Waals surface area contributed by atoms with Gasteiger partial charge in [-0.05, 0) is 11.8 Å². The third-order valence-electron chi connectivity index (χ3n) is 2.28. The zero-order valence-corrected chi connectivity index (χ0v) is 9.13. The lowest BCUT2D eigenvalue weighted by atomic mass is 9.84. The zero-order chi connectivity index (χ0) is 10.3. The zero-order valence-electron chi connectivity index (χ0n) is 8.32. The molecule has 1 atom stereocenters. The van der Waals surface area contributed by atoms with E-state index < -0.39 is 16.1 Å². The molecule has 1 fully saturated rings. The molecule has 0 aromatic heterocycles. The highest BCUT2D eigenvalue weighted by molar-refractivity contribution is 7.88. The highest BCUT2D eigenvalue weighted by atomic mass is 32.2. The van der Waals surface area contributed by atoms with Crippen LogP contribution in [0, 0.1) is 5.41 Å². The number of rotatable bonds is 1.